The summed E-state index contributed by atoms with van der Waals surface area (Å²) in [4.78, 5) is 21.1. The molecule has 1 aliphatic rings. The topological polar surface area (TPSA) is 111 Å². The number of rotatable bonds is 5. The van der Waals surface area contributed by atoms with Gasteiger partial charge in [0.15, 0.2) is 11.5 Å². The van der Waals surface area contributed by atoms with E-state index in [4.69, 9.17) is 16.5 Å². The fraction of sp³-hybridized carbons (Fsp3) is 0.381. The first-order chi connectivity index (χ1) is 13.5. The molecule has 1 fully saturated rings. The number of fused-ring (bicyclic) bond motifs is 1. The number of hydrogen-bond donors (Lipinski definition) is 3. The molecule has 0 unspecified atom stereocenters. The molecule has 1 saturated carbocycles. The second-order valence-corrected chi connectivity index (χ2v) is 7.48. The maximum absolute atomic E-state index is 11.9. The molecule has 0 aliphatic heterocycles. The minimum atomic E-state index is -0.530. The number of nitrogens with zero attached hydrogens (tertiary/aromatic N) is 3. The molecule has 1 amide bonds. The van der Waals surface area contributed by atoms with Crippen LogP contribution in [0.1, 0.15) is 48.7 Å². The first-order valence-corrected chi connectivity index (χ1v) is 9.84. The fourth-order valence-electron chi connectivity index (χ4n) is 3.77. The predicted molar refractivity (Wildman–Crippen MR) is 110 cm³/mol. The van der Waals surface area contributed by atoms with Crippen LogP contribution in [0.15, 0.2) is 36.7 Å². The van der Waals surface area contributed by atoms with Crippen molar-refractivity contribution in [2.24, 2.45) is 11.5 Å². The van der Waals surface area contributed by atoms with Crippen molar-refractivity contribution in [3.05, 3.63) is 47.9 Å². The molecule has 4 rings (SSSR count). The zero-order valence-electron chi connectivity index (χ0n) is 16.1. The van der Waals surface area contributed by atoms with Gasteiger partial charge in [-0.1, -0.05) is 31.2 Å². The number of nitrogens with two attached hydrogens (primary N) is 2. The molecule has 7 nitrogen and oxygen atoms in total. The Labute approximate surface area is 164 Å². The lowest BCUT2D eigenvalue weighted by molar-refractivity contribution is 0.0994. The maximum atomic E-state index is 11.9. The molecule has 2 heterocycles. The van der Waals surface area contributed by atoms with Gasteiger partial charge in [0.25, 0.3) is 5.91 Å². The monoisotopic (exact) mass is 378 g/mol. The highest BCUT2D eigenvalue weighted by molar-refractivity contribution is 5.92. The lowest BCUT2D eigenvalue weighted by Crippen LogP contribution is -2.33. The van der Waals surface area contributed by atoms with E-state index in [2.05, 4.69) is 29.4 Å². The smallest absolute Gasteiger partial charge is 0.267 e. The highest BCUT2D eigenvalue weighted by Crippen LogP contribution is 2.26. The van der Waals surface area contributed by atoms with Crippen molar-refractivity contribution >= 4 is 17.4 Å². The molecule has 0 atom stereocenters. The molecule has 7 heteroatoms. The lowest BCUT2D eigenvalue weighted by atomic mass is 9.92. The molecule has 0 saturated heterocycles. The summed E-state index contributed by atoms with van der Waals surface area (Å²) in [6.45, 7) is 2.13. The number of anilines is 1. The van der Waals surface area contributed by atoms with Crippen LogP contribution in [0.25, 0.3) is 16.9 Å². The van der Waals surface area contributed by atoms with E-state index >= 15 is 0 Å². The summed E-state index contributed by atoms with van der Waals surface area (Å²) in [6.07, 6.45) is 8.34. The zero-order valence-corrected chi connectivity index (χ0v) is 16.1. The predicted octanol–water partition coefficient (Wildman–Crippen LogP) is 2.74. The first kappa shape index (κ1) is 18.4. The number of nitrogens with one attached hydrogen (secondary N) is 1. The molecule has 1 aromatic carbocycles. The van der Waals surface area contributed by atoms with E-state index in [1.165, 1.54) is 11.8 Å². The van der Waals surface area contributed by atoms with Gasteiger partial charge in [-0.25, -0.2) is 9.97 Å². The Kier molecular flexibility index (Phi) is 5.00. The third-order valence-electron chi connectivity index (χ3n) is 5.52. The number of aromatic nitrogens is 3. The molecule has 0 bridgehead atoms. The standard InChI is InChI=1S/C21H26N6O/c1-2-13-3-5-14(6-4-13)17-12-27-18(19(23)28)11-24-20(21(27)26-17)25-16-9-7-15(22)8-10-16/h3-6,11-12,15-16H,2,7-10,22H2,1H3,(H2,23,28)(H,24,25). The molecule has 0 radical (unpaired) electrons. The van der Waals surface area contributed by atoms with Crippen molar-refractivity contribution < 1.29 is 4.79 Å². The number of benzene rings is 1. The summed E-state index contributed by atoms with van der Waals surface area (Å²) in [7, 11) is 0. The van der Waals surface area contributed by atoms with Gasteiger partial charge in [-0.2, -0.15) is 0 Å². The number of aryl methyl sites for hydroxylation is 1. The van der Waals surface area contributed by atoms with E-state index in [1.807, 2.05) is 18.3 Å². The van der Waals surface area contributed by atoms with Crippen molar-refractivity contribution in [1.82, 2.24) is 14.4 Å². The lowest BCUT2D eigenvalue weighted by Gasteiger charge is -2.27. The molecular weight excluding hydrogens is 352 g/mol. The number of carbonyl (C=O) groups excluding carboxylic acids is 1. The summed E-state index contributed by atoms with van der Waals surface area (Å²) in [5, 5.41) is 3.49. The molecule has 5 N–H and O–H groups in total. The highest BCUT2D eigenvalue weighted by Gasteiger charge is 2.21. The average molecular weight is 378 g/mol. The zero-order chi connectivity index (χ0) is 19.7. The highest BCUT2D eigenvalue weighted by atomic mass is 16.1. The Morgan fingerprint density at radius 3 is 2.57 bits per heavy atom. The van der Waals surface area contributed by atoms with Gasteiger partial charge in [-0.3, -0.25) is 9.20 Å². The van der Waals surface area contributed by atoms with Crippen LogP contribution >= 0.6 is 0 Å². The normalized spacial score (nSPS) is 19.6. The minimum absolute atomic E-state index is 0.285. The third kappa shape index (κ3) is 3.57. The van der Waals surface area contributed by atoms with Crippen molar-refractivity contribution in [2.45, 2.75) is 51.1 Å². The molecule has 28 heavy (non-hydrogen) atoms. The van der Waals surface area contributed by atoms with Gasteiger partial charge in [0.1, 0.15) is 5.69 Å². The van der Waals surface area contributed by atoms with Crippen LogP contribution in [0.3, 0.4) is 0 Å². The van der Waals surface area contributed by atoms with Crippen molar-refractivity contribution in [3.8, 4) is 11.3 Å². The van der Waals surface area contributed by atoms with Gasteiger partial charge in [0.05, 0.1) is 11.9 Å². The van der Waals surface area contributed by atoms with Gasteiger partial charge in [0, 0.05) is 23.8 Å². The Morgan fingerprint density at radius 2 is 1.93 bits per heavy atom. The number of hydrogen-bond acceptors (Lipinski definition) is 5. The van der Waals surface area contributed by atoms with Crippen molar-refractivity contribution in [1.29, 1.82) is 0 Å². The average Bonchev–Trinajstić information content (AvgIpc) is 3.15. The summed E-state index contributed by atoms with van der Waals surface area (Å²) in [5.41, 5.74) is 15.5. The summed E-state index contributed by atoms with van der Waals surface area (Å²) >= 11 is 0. The van der Waals surface area contributed by atoms with E-state index in [0.29, 0.717) is 23.2 Å². The minimum Gasteiger partial charge on any atom is -0.364 e. The number of primary amides is 1. The van der Waals surface area contributed by atoms with Crippen molar-refractivity contribution in [3.63, 3.8) is 0 Å². The fourth-order valence-corrected chi connectivity index (χ4v) is 3.77. The van der Waals surface area contributed by atoms with Gasteiger partial charge in [-0.05, 0) is 37.7 Å². The molecule has 1 aliphatic carbocycles. The van der Waals surface area contributed by atoms with Crippen LogP contribution < -0.4 is 16.8 Å². The van der Waals surface area contributed by atoms with Crippen LogP contribution in [0.5, 0.6) is 0 Å². The third-order valence-corrected chi connectivity index (χ3v) is 5.52. The number of carbonyl (C=O) groups is 1. The Hall–Kier alpha value is -2.93. The van der Waals surface area contributed by atoms with Gasteiger partial charge >= 0.3 is 0 Å². The van der Waals surface area contributed by atoms with Gasteiger partial charge in [0.2, 0.25) is 0 Å². The van der Waals surface area contributed by atoms with E-state index in [-0.39, 0.29) is 6.04 Å². The number of imidazole rings is 1. The SMILES string of the molecule is CCc1ccc(-c2cn3c(C(N)=O)cnc(NC4CCC(N)CC4)c3n2)cc1. The van der Waals surface area contributed by atoms with E-state index in [9.17, 15) is 4.79 Å². The molecule has 0 spiro atoms. The quantitative estimate of drug-likeness (QED) is 0.632. The molecular formula is C21H26N6O. The molecule has 146 valence electrons. The van der Waals surface area contributed by atoms with Crippen LogP contribution in [-0.4, -0.2) is 32.4 Å². The molecule has 2 aromatic heterocycles. The van der Waals surface area contributed by atoms with Crippen LogP contribution in [0.4, 0.5) is 5.82 Å². The first-order valence-electron chi connectivity index (χ1n) is 9.84. The van der Waals surface area contributed by atoms with Crippen molar-refractivity contribution in [2.75, 3.05) is 5.32 Å². The van der Waals surface area contributed by atoms with E-state index in [0.717, 1.165) is 43.4 Å². The Morgan fingerprint density at radius 1 is 1.21 bits per heavy atom. The Bertz CT molecular complexity index is 986. The van der Waals surface area contributed by atoms with E-state index < -0.39 is 5.91 Å². The summed E-state index contributed by atoms with van der Waals surface area (Å²) < 4.78 is 1.73. The Balaban J connectivity index is 1.73. The van der Waals surface area contributed by atoms with E-state index in [1.54, 1.807) is 4.40 Å². The second kappa shape index (κ2) is 7.59. The van der Waals surface area contributed by atoms with Crippen LogP contribution in [-0.2, 0) is 6.42 Å². The summed E-state index contributed by atoms with van der Waals surface area (Å²) in [6, 6.07) is 8.88. The second-order valence-electron chi connectivity index (χ2n) is 7.48. The van der Waals surface area contributed by atoms with Gasteiger partial charge in [-0.15, -0.1) is 0 Å². The van der Waals surface area contributed by atoms with Crippen LogP contribution in [0.2, 0.25) is 0 Å². The number of amides is 1. The summed E-state index contributed by atoms with van der Waals surface area (Å²) in [5.74, 6) is 0.139. The largest absolute Gasteiger partial charge is 0.364 e. The molecule has 3 aromatic rings. The van der Waals surface area contributed by atoms with Crippen LogP contribution in [0, 0.1) is 0 Å². The van der Waals surface area contributed by atoms with Gasteiger partial charge < -0.3 is 16.8 Å². The maximum Gasteiger partial charge on any atom is 0.267 e.